The van der Waals surface area contributed by atoms with Crippen LogP contribution in [0.15, 0.2) is 34.3 Å². The molecule has 0 unspecified atom stereocenters. The standard InChI is InChI=1S/C20H29NO3/c1-4-6-7-11-15-17(21-5-2)19(23)16(20(24)18(15)22)14-10-8-9-13(3)12-14/h12,14,21,24H,4-11H2,1-3H3/t14-/m0/s1. The Morgan fingerprint density at radius 1 is 1.21 bits per heavy atom. The molecule has 24 heavy (non-hydrogen) atoms. The molecule has 0 fully saturated rings. The first kappa shape index (κ1) is 18.5. The highest BCUT2D eigenvalue weighted by Gasteiger charge is 2.37. The molecule has 0 bridgehead atoms. The van der Waals surface area contributed by atoms with E-state index in [4.69, 9.17) is 0 Å². The van der Waals surface area contributed by atoms with E-state index in [1.165, 1.54) is 5.57 Å². The Bertz CT molecular complexity index is 610. The molecule has 0 spiro atoms. The van der Waals surface area contributed by atoms with Gasteiger partial charge in [0.05, 0.1) is 11.3 Å². The third kappa shape index (κ3) is 3.80. The van der Waals surface area contributed by atoms with Gasteiger partial charge in [-0.1, -0.05) is 31.4 Å². The monoisotopic (exact) mass is 331 g/mol. The van der Waals surface area contributed by atoms with Crippen LogP contribution in [0.4, 0.5) is 0 Å². The highest BCUT2D eigenvalue weighted by molar-refractivity contribution is 6.24. The van der Waals surface area contributed by atoms with Crippen molar-refractivity contribution < 1.29 is 14.7 Å². The molecule has 0 aromatic heterocycles. The first-order chi connectivity index (χ1) is 11.5. The number of hydrogen-bond acceptors (Lipinski definition) is 4. The van der Waals surface area contributed by atoms with Crippen LogP contribution in [0.1, 0.15) is 65.7 Å². The number of allylic oxidation sites excluding steroid dienone is 4. The number of carbonyl (C=O) groups is 2. The number of unbranched alkanes of at least 4 members (excludes halogenated alkanes) is 2. The minimum Gasteiger partial charge on any atom is -0.504 e. The summed E-state index contributed by atoms with van der Waals surface area (Å²) in [5.41, 5.74) is 2.36. The normalized spacial score (nSPS) is 22.1. The van der Waals surface area contributed by atoms with Crippen LogP contribution in [-0.4, -0.2) is 23.2 Å². The van der Waals surface area contributed by atoms with Gasteiger partial charge >= 0.3 is 0 Å². The van der Waals surface area contributed by atoms with Crippen molar-refractivity contribution in [2.75, 3.05) is 6.54 Å². The van der Waals surface area contributed by atoms with Gasteiger partial charge in [0.1, 0.15) is 0 Å². The summed E-state index contributed by atoms with van der Waals surface area (Å²) < 4.78 is 0. The van der Waals surface area contributed by atoms with Gasteiger partial charge in [0.15, 0.2) is 5.76 Å². The molecule has 2 N–H and O–H groups in total. The van der Waals surface area contributed by atoms with Crippen LogP contribution < -0.4 is 5.32 Å². The van der Waals surface area contributed by atoms with Crippen LogP contribution in [0, 0.1) is 5.92 Å². The van der Waals surface area contributed by atoms with Gasteiger partial charge in [0.2, 0.25) is 11.6 Å². The molecule has 1 atom stereocenters. The Morgan fingerprint density at radius 2 is 1.96 bits per heavy atom. The van der Waals surface area contributed by atoms with Crippen molar-refractivity contribution >= 4 is 11.6 Å². The number of rotatable bonds is 7. The maximum Gasteiger partial charge on any atom is 0.225 e. The molecule has 0 radical (unpaired) electrons. The van der Waals surface area contributed by atoms with Crippen molar-refractivity contribution in [1.29, 1.82) is 0 Å². The number of Topliss-reactive ketones (excluding diaryl/α,β-unsaturated/α-hetero) is 2. The molecular formula is C20H29NO3. The maximum absolute atomic E-state index is 13.0. The predicted molar refractivity (Wildman–Crippen MR) is 95.6 cm³/mol. The van der Waals surface area contributed by atoms with Crippen LogP contribution in [0.3, 0.4) is 0 Å². The molecule has 2 aliphatic rings. The summed E-state index contributed by atoms with van der Waals surface area (Å²) >= 11 is 0. The maximum atomic E-state index is 13.0. The van der Waals surface area contributed by atoms with Crippen molar-refractivity contribution in [1.82, 2.24) is 5.32 Å². The molecular weight excluding hydrogens is 302 g/mol. The van der Waals surface area contributed by atoms with Crippen LogP contribution in [0.25, 0.3) is 0 Å². The number of aliphatic hydroxyl groups excluding tert-OH is 1. The van der Waals surface area contributed by atoms with Crippen molar-refractivity contribution in [3.05, 3.63) is 34.3 Å². The van der Waals surface area contributed by atoms with Crippen molar-refractivity contribution in [3.63, 3.8) is 0 Å². The summed E-state index contributed by atoms with van der Waals surface area (Å²) in [7, 11) is 0. The van der Waals surface area contributed by atoms with Crippen LogP contribution in [0.2, 0.25) is 0 Å². The van der Waals surface area contributed by atoms with Gasteiger partial charge in [-0.3, -0.25) is 9.59 Å². The van der Waals surface area contributed by atoms with E-state index in [1.807, 2.05) is 19.9 Å². The Balaban J connectivity index is 2.37. The lowest BCUT2D eigenvalue weighted by Gasteiger charge is -2.27. The summed E-state index contributed by atoms with van der Waals surface area (Å²) in [6.07, 6.45) is 8.28. The highest BCUT2D eigenvalue weighted by Crippen LogP contribution is 2.35. The van der Waals surface area contributed by atoms with Gasteiger partial charge in [0.25, 0.3) is 0 Å². The summed E-state index contributed by atoms with van der Waals surface area (Å²) in [4.78, 5) is 25.7. The number of hydrogen-bond donors (Lipinski definition) is 2. The zero-order valence-electron chi connectivity index (χ0n) is 15.1. The van der Waals surface area contributed by atoms with Gasteiger partial charge < -0.3 is 10.4 Å². The number of aliphatic hydroxyl groups is 1. The molecule has 4 nitrogen and oxygen atoms in total. The first-order valence-corrected chi connectivity index (χ1v) is 9.18. The third-order valence-corrected chi connectivity index (χ3v) is 4.84. The van der Waals surface area contributed by atoms with E-state index in [-0.39, 0.29) is 28.8 Å². The second kappa shape index (κ2) is 8.32. The summed E-state index contributed by atoms with van der Waals surface area (Å²) in [5.74, 6) is -1.05. The minimum absolute atomic E-state index is 0.152. The Morgan fingerprint density at radius 3 is 2.58 bits per heavy atom. The molecule has 4 heteroatoms. The third-order valence-electron chi connectivity index (χ3n) is 4.84. The molecule has 0 saturated heterocycles. The van der Waals surface area contributed by atoms with E-state index >= 15 is 0 Å². The fourth-order valence-electron chi connectivity index (χ4n) is 3.59. The molecule has 0 amide bonds. The smallest absolute Gasteiger partial charge is 0.225 e. The molecule has 2 rings (SSSR count). The van der Waals surface area contributed by atoms with Crippen LogP contribution in [0.5, 0.6) is 0 Å². The SMILES string of the molecule is CCCCCC1=C(NCC)C(=O)C([C@@H]2C=C(C)CCC2)=C(O)C1=O. The quantitative estimate of drug-likeness (QED) is 0.418. The number of likely N-dealkylation sites (N-methyl/N-ethyl adjacent to an activating group) is 1. The predicted octanol–water partition coefficient (Wildman–Crippen LogP) is 4.14. The molecule has 0 aromatic rings. The molecule has 0 aromatic carbocycles. The largest absolute Gasteiger partial charge is 0.504 e. The molecule has 0 aliphatic heterocycles. The number of carbonyl (C=O) groups excluding carboxylic acids is 2. The highest BCUT2D eigenvalue weighted by atomic mass is 16.3. The van der Waals surface area contributed by atoms with Crippen molar-refractivity contribution in [3.8, 4) is 0 Å². The zero-order valence-corrected chi connectivity index (χ0v) is 15.1. The lowest BCUT2D eigenvalue weighted by Crippen LogP contribution is -2.34. The second-order valence-electron chi connectivity index (χ2n) is 6.77. The van der Waals surface area contributed by atoms with E-state index in [2.05, 4.69) is 12.2 Å². The lowest BCUT2D eigenvalue weighted by molar-refractivity contribution is -0.119. The number of nitrogens with one attached hydrogen (secondary N) is 1. The van der Waals surface area contributed by atoms with Gasteiger partial charge in [0, 0.05) is 18.0 Å². The van der Waals surface area contributed by atoms with E-state index in [1.54, 1.807) is 0 Å². The fourth-order valence-corrected chi connectivity index (χ4v) is 3.59. The summed E-state index contributed by atoms with van der Waals surface area (Å²) in [6, 6.07) is 0. The van der Waals surface area contributed by atoms with Crippen LogP contribution >= 0.6 is 0 Å². The second-order valence-corrected chi connectivity index (χ2v) is 6.77. The average Bonchev–Trinajstić information content (AvgIpc) is 2.55. The van der Waals surface area contributed by atoms with Crippen molar-refractivity contribution in [2.24, 2.45) is 5.92 Å². The minimum atomic E-state index is -0.367. The first-order valence-electron chi connectivity index (χ1n) is 9.18. The fraction of sp³-hybridized carbons (Fsp3) is 0.600. The van der Waals surface area contributed by atoms with Crippen molar-refractivity contribution in [2.45, 2.75) is 65.7 Å². The molecule has 0 heterocycles. The zero-order chi connectivity index (χ0) is 17.7. The molecule has 0 saturated carbocycles. The van der Waals surface area contributed by atoms with E-state index in [9.17, 15) is 14.7 Å². The Hall–Kier alpha value is -1.84. The van der Waals surface area contributed by atoms with Gasteiger partial charge in [-0.15, -0.1) is 0 Å². The van der Waals surface area contributed by atoms with E-state index in [0.717, 1.165) is 38.5 Å². The number of ketones is 2. The van der Waals surface area contributed by atoms with E-state index in [0.29, 0.717) is 24.2 Å². The topological polar surface area (TPSA) is 66.4 Å². The van der Waals surface area contributed by atoms with Crippen LogP contribution in [-0.2, 0) is 9.59 Å². The Labute approximate surface area is 144 Å². The average molecular weight is 331 g/mol. The molecule has 2 aliphatic carbocycles. The lowest BCUT2D eigenvalue weighted by atomic mass is 9.78. The van der Waals surface area contributed by atoms with Gasteiger partial charge in [-0.05, 0) is 46.0 Å². The van der Waals surface area contributed by atoms with E-state index < -0.39 is 0 Å². The summed E-state index contributed by atoms with van der Waals surface area (Å²) in [5, 5.41) is 13.6. The summed E-state index contributed by atoms with van der Waals surface area (Å²) in [6.45, 7) is 6.63. The van der Waals surface area contributed by atoms with Gasteiger partial charge in [-0.2, -0.15) is 0 Å². The Kier molecular flexibility index (Phi) is 6.41. The van der Waals surface area contributed by atoms with Gasteiger partial charge in [-0.25, -0.2) is 0 Å². The molecule has 132 valence electrons.